The maximum atomic E-state index is 6.85. The lowest BCUT2D eigenvalue weighted by Gasteiger charge is -2.61. The van der Waals surface area contributed by atoms with E-state index in [1.165, 1.54) is 81.8 Å². The van der Waals surface area contributed by atoms with Gasteiger partial charge in [-0.25, -0.2) is 0 Å². The van der Waals surface area contributed by atoms with E-state index in [0.717, 1.165) is 55.0 Å². The largest absolute Gasteiger partial charge is 0.360 e. The van der Waals surface area contributed by atoms with E-state index in [9.17, 15) is 0 Å². The van der Waals surface area contributed by atoms with Crippen LogP contribution in [0.15, 0.2) is 24.3 Å². The molecule has 1 aromatic rings. The van der Waals surface area contributed by atoms with Crippen LogP contribution in [0.3, 0.4) is 0 Å². The van der Waals surface area contributed by atoms with E-state index < -0.39 is 0 Å². The molecule has 1 saturated heterocycles. The number of hydrogen-bond acceptors (Lipinski definition) is 4. The van der Waals surface area contributed by atoms with Gasteiger partial charge in [-0.2, -0.15) is 0 Å². The average Bonchev–Trinajstić information content (AvgIpc) is 3.49. The Morgan fingerprint density at radius 3 is 2.42 bits per heavy atom. The highest BCUT2D eigenvalue weighted by Gasteiger charge is 2.65. The van der Waals surface area contributed by atoms with Crippen LogP contribution in [-0.2, 0) is 17.6 Å². The van der Waals surface area contributed by atoms with Crippen molar-refractivity contribution in [2.45, 2.75) is 143 Å². The van der Waals surface area contributed by atoms with Crippen LogP contribution < -0.4 is 16.4 Å². The summed E-state index contributed by atoms with van der Waals surface area (Å²) in [5.74, 6) is 5.61. The Labute approximate surface area is 264 Å². The Kier molecular flexibility index (Phi) is 9.72. The lowest BCUT2D eigenvalue weighted by molar-refractivity contribution is -0.119. The summed E-state index contributed by atoms with van der Waals surface area (Å²) in [4.78, 5) is 0. The standard InChI is InChI=1S/C39H65N3O/c1-7-9-27-10-12-28(13-11-27)20-31(23-40)42-30-16-18-38(5)29(21-30)14-15-32-33(38)17-19-39(6)34(32)22-35-36(39)26(4)37(43-35)41-24-25(3)8-2/h10-13,25-26,29-37,41-42H,7-9,14-24,40H2,1-6H3/t25-,26?,29?,30?,31-,32+,33?,34?,35-,36?,37-,38-,39-/m0/s1. The lowest BCUT2D eigenvalue weighted by Crippen LogP contribution is -2.56. The molecule has 0 aromatic heterocycles. The van der Waals surface area contributed by atoms with Crippen LogP contribution in [0.1, 0.15) is 117 Å². The predicted molar refractivity (Wildman–Crippen MR) is 180 cm³/mol. The summed E-state index contributed by atoms with van der Waals surface area (Å²) in [5.41, 5.74) is 10.2. The van der Waals surface area contributed by atoms with Crippen LogP contribution in [0.5, 0.6) is 0 Å². The summed E-state index contributed by atoms with van der Waals surface area (Å²) in [6.07, 6.45) is 16.5. The summed E-state index contributed by atoms with van der Waals surface area (Å²) in [5, 5.41) is 7.90. The summed E-state index contributed by atoms with van der Waals surface area (Å²) in [6.45, 7) is 16.6. The van der Waals surface area contributed by atoms with Crippen molar-refractivity contribution in [3.63, 3.8) is 0 Å². The van der Waals surface area contributed by atoms with Crippen LogP contribution in [0, 0.1) is 52.3 Å². The smallest absolute Gasteiger partial charge is 0.111 e. The van der Waals surface area contributed by atoms with E-state index in [1.54, 1.807) is 0 Å². The van der Waals surface area contributed by atoms with Crippen molar-refractivity contribution in [1.29, 1.82) is 0 Å². The Hall–Kier alpha value is -0.940. The molecule has 0 spiro atoms. The average molecular weight is 592 g/mol. The summed E-state index contributed by atoms with van der Waals surface area (Å²) in [6, 6.07) is 10.3. The van der Waals surface area contributed by atoms with Crippen LogP contribution in [0.2, 0.25) is 0 Å². The van der Waals surface area contributed by atoms with Gasteiger partial charge >= 0.3 is 0 Å². The third-order valence-corrected chi connectivity index (χ3v) is 14.3. The molecule has 1 heterocycles. The topological polar surface area (TPSA) is 59.3 Å². The van der Waals surface area contributed by atoms with Gasteiger partial charge in [0.05, 0.1) is 6.10 Å². The van der Waals surface area contributed by atoms with Gasteiger partial charge in [-0.05, 0) is 122 Å². The molecule has 0 amide bonds. The van der Waals surface area contributed by atoms with Gasteiger partial charge in [-0.1, -0.05) is 78.6 Å². The van der Waals surface area contributed by atoms with Crippen LogP contribution in [0.4, 0.5) is 0 Å². The molecular weight excluding hydrogens is 526 g/mol. The molecule has 43 heavy (non-hydrogen) atoms. The number of rotatable bonds is 11. The molecule has 4 N–H and O–H groups in total. The van der Waals surface area contributed by atoms with Crippen molar-refractivity contribution >= 4 is 0 Å². The Morgan fingerprint density at radius 2 is 1.70 bits per heavy atom. The van der Waals surface area contributed by atoms with Gasteiger partial charge in [0.15, 0.2) is 0 Å². The Morgan fingerprint density at radius 1 is 0.953 bits per heavy atom. The molecule has 1 aromatic carbocycles. The highest BCUT2D eigenvalue weighted by atomic mass is 16.5. The number of aryl methyl sites for hydroxylation is 1. The van der Waals surface area contributed by atoms with Gasteiger partial charge in [0, 0.05) is 31.1 Å². The van der Waals surface area contributed by atoms with Gasteiger partial charge in [0.1, 0.15) is 6.23 Å². The van der Waals surface area contributed by atoms with Crippen molar-refractivity contribution in [1.82, 2.24) is 10.6 Å². The lowest BCUT2D eigenvalue weighted by atomic mass is 9.44. The molecule has 242 valence electrons. The number of fused-ring (bicyclic) bond motifs is 7. The second-order valence-corrected chi connectivity index (χ2v) is 16.7. The highest BCUT2D eigenvalue weighted by molar-refractivity contribution is 5.23. The summed E-state index contributed by atoms with van der Waals surface area (Å²) < 4.78 is 6.85. The fourth-order valence-corrected chi connectivity index (χ4v) is 11.7. The van der Waals surface area contributed by atoms with Crippen molar-refractivity contribution in [3.05, 3.63) is 35.4 Å². The summed E-state index contributed by atoms with van der Waals surface area (Å²) >= 11 is 0. The zero-order valence-electron chi connectivity index (χ0n) is 28.5. The molecule has 0 radical (unpaired) electrons. The number of ether oxygens (including phenoxy) is 1. The molecule has 5 fully saturated rings. The number of benzene rings is 1. The molecule has 6 rings (SSSR count). The molecule has 4 aliphatic carbocycles. The summed E-state index contributed by atoms with van der Waals surface area (Å²) in [7, 11) is 0. The highest BCUT2D eigenvalue weighted by Crippen LogP contribution is 2.69. The van der Waals surface area contributed by atoms with Crippen LogP contribution in [0.25, 0.3) is 0 Å². The molecule has 13 atom stereocenters. The van der Waals surface area contributed by atoms with Crippen molar-refractivity contribution in [2.24, 2.45) is 58.0 Å². The number of hydrogen-bond donors (Lipinski definition) is 3. The first-order chi connectivity index (χ1) is 20.7. The second-order valence-electron chi connectivity index (χ2n) is 16.7. The first-order valence-electron chi connectivity index (χ1n) is 18.6. The normalized spacial score (nSPS) is 43.4. The molecule has 1 aliphatic heterocycles. The van der Waals surface area contributed by atoms with Crippen molar-refractivity contribution in [3.8, 4) is 0 Å². The monoisotopic (exact) mass is 592 g/mol. The van der Waals surface area contributed by atoms with E-state index in [-0.39, 0.29) is 6.23 Å². The number of nitrogens with one attached hydrogen (secondary N) is 2. The van der Waals surface area contributed by atoms with E-state index in [0.29, 0.717) is 34.9 Å². The minimum atomic E-state index is 0.258. The van der Waals surface area contributed by atoms with E-state index in [2.05, 4.69) is 76.4 Å². The van der Waals surface area contributed by atoms with Crippen LogP contribution in [-0.4, -0.2) is 37.5 Å². The Bertz CT molecular complexity index is 1060. The quantitative estimate of drug-likeness (QED) is 0.246. The maximum Gasteiger partial charge on any atom is 0.111 e. The molecular formula is C39H65N3O. The van der Waals surface area contributed by atoms with Gasteiger partial charge in [0.25, 0.3) is 0 Å². The first kappa shape index (κ1) is 32.0. The van der Waals surface area contributed by atoms with E-state index in [4.69, 9.17) is 10.5 Å². The molecule has 6 unspecified atom stereocenters. The molecule has 0 bridgehead atoms. The molecule has 4 nitrogen and oxygen atoms in total. The minimum Gasteiger partial charge on any atom is -0.360 e. The third kappa shape index (κ3) is 6.01. The van der Waals surface area contributed by atoms with Crippen LogP contribution >= 0.6 is 0 Å². The fraction of sp³-hybridized carbons (Fsp3) is 0.846. The minimum absolute atomic E-state index is 0.258. The third-order valence-electron chi connectivity index (χ3n) is 14.3. The first-order valence-corrected chi connectivity index (χ1v) is 18.6. The maximum absolute atomic E-state index is 6.85. The SMILES string of the molecule is CCCc1ccc(C[C@@H](CN)NC2CC[C@@]3(C)C(CC[C@@H]4C3CC[C@@]3(C)C4C[C@@H]4O[C@H](NC[C@@H](C)CC)C(C)C43)C2)cc1. The van der Waals surface area contributed by atoms with Gasteiger partial charge < -0.3 is 15.8 Å². The van der Waals surface area contributed by atoms with Crippen molar-refractivity contribution < 1.29 is 4.74 Å². The van der Waals surface area contributed by atoms with E-state index in [1.807, 2.05) is 0 Å². The molecule has 5 aliphatic rings. The van der Waals surface area contributed by atoms with Gasteiger partial charge in [-0.3, -0.25) is 5.32 Å². The second kappa shape index (κ2) is 13.0. The zero-order valence-corrected chi connectivity index (χ0v) is 28.5. The number of nitrogens with two attached hydrogens (primary N) is 1. The van der Waals surface area contributed by atoms with Gasteiger partial charge in [0.2, 0.25) is 0 Å². The molecule has 4 saturated carbocycles. The van der Waals surface area contributed by atoms with E-state index >= 15 is 0 Å². The van der Waals surface area contributed by atoms with Gasteiger partial charge in [-0.15, -0.1) is 0 Å². The fourth-order valence-electron chi connectivity index (χ4n) is 11.7. The van der Waals surface area contributed by atoms with Crippen molar-refractivity contribution in [2.75, 3.05) is 13.1 Å². The predicted octanol–water partition coefficient (Wildman–Crippen LogP) is 7.73. The zero-order chi connectivity index (χ0) is 30.4. The molecule has 4 heteroatoms. The Balaban J connectivity index is 1.06.